The van der Waals surface area contributed by atoms with Gasteiger partial charge >= 0.3 is 0 Å². The number of rotatable bonds is 6. The molecule has 0 fully saturated rings. The molecule has 2 aromatic carbocycles. The zero-order valence-electron chi connectivity index (χ0n) is 16.8. The third kappa shape index (κ3) is 5.17. The molecule has 0 aliphatic carbocycles. The molecule has 0 radical (unpaired) electrons. The molecular formula is C24H26N2OS. The van der Waals surface area contributed by atoms with Gasteiger partial charge in [-0.05, 0) is 34.6 Å². The van der Waals surface area contributed by atoms with Crippen LogP contribution in [0.4, 0.5) is 5.13 Å². The van der Waals surface area contributed by atoms with E-state index in [0.717, 1.165) is 16.8 Å². The molecule has 0 aliphatic heterocycles. The highest BCUT2D eigenvalue weighted by Crippen LogP contribution is 2.26. The molecule has 0 unspecified atom stereocenters. The Balaban J connectivity index is 1.61. The van der Waals surface area contributed by atoms with Gasteiger partial charge in [-0.3, -0.25) is 10.1 Å². The van der Waals surface area contributed by atoms with Gasteiger partial charge in [-0.25, -0.2) is 4.98 Å². The predicted molar refractivity (Wildman–Crippen MR) is 120 cm³/mol. The van der Waals surface area contributed by atoms with E-state index in [-0.39, 0.29) is 5.91 Å². The molecule has 28 heavy (non-hydrogen) atoms. The number of hydrogen-bond donors (Lipinski definition) is 1. The average Bonchev–Trinajstić information content (AvgIpc) is 3.15. The monoisotopic (exact) mass is 390 g/mol. The molecule has 0 spiro atoms. The number of aromatic nitrogens is 1. The maximum atomic E-state index is 12.2. The third-order valence-electron chi connectivity index (χ3n) is 4.64. The Labute approximate surface area is 171 Å². The van der Waals surface area contributed by atoms with Crippen LogP contribution in [0, 0.1) is 0 Å². The molecule has 1 N–H and O–H groups in total. The van der Waals surface area contributed by atoms with E-state index in [0.29, 0.717) is 17.0 Å². The number of thiazole rings is 1. The van der Waals surface area contributed by atoms with Crippen molar-refractivity contribution in [2.45, 2.75) is 39.5 Å². The van der Waals surface area contributed by atoms with Gasteiger partial charge in [0.1, 0.15) is 0 Å². The Kier molecular flexibility index (Phi) is 6.42. The van der Waals surface area contributed by atoms with Gasteiger partial charge < -0.3 is 0 Å². The summed E-state index contributed by atoms with van der Waals surface area (Å²) in [6.45, 7) is 8.69. The first-order chi connectivity index (χ1) is 13.4. The number of carbonyl (C=O) groups excluding carboxylic acids is 1. The summed E-state index contributed by atoms with van der Waals surface area (Å²) < 4.78 is 0. The fraction of sp³-hybridized carbons (Fsp3) is 0.250. The maximum absolute atomic E-state index is 12.2. The number of anilines is 1. The molecule has 1 aromatic heterocycles. The molecule has 1 amide bonds. The molecule has 0 atom stereocenters. The average molecular weight is 391 g/mol. The minimum atomic E-state index is -0.177. The molecule has 3 aromatic rings. The number of nitrogens with one attached hydrogen (secondary N) is 1. The molecule has 0 saturated heterocycles. The van der Waals surface area contributed by atoms with Crippen molar-refractivity contribution < 1.29 is 4.79 Å². The van der Waals surface area contributed by atoms with E-state index >= 15 is 0 Å². The highest BCUT2D eigenvalue weighted by molar-refractivity contribution is 7.14. The van der Waals surface area contributed by atoms with E-state index < -0.39 is 0 Å². The van der Waals surface area contributed by atoms with Crippen LogP contribution in [-0.2, 0) is 4.79 Å². The van der Waals surface area contributed by atoms with Gasteiger partial charge in [0.2, 0.25) is 5.91 Å². The normalized spacial score (nSPS) is 11.5. The van der Waals surface area contributed by atoms with Crippen molar-refractivity contribution in [2.24, 2.45) is 0 Å². The standard InChI is InChI=1S/C24H26N2OS/c1-16(2)19-8-5-18(6-9-19)7-14-23(27)26-24-25-22(15-28-24)21-12-10-20(11-13-21)17(3)4/h5-17H,1-4H3,(H,25,26,27)/b14-7+. The molecule has 3 rings (SSSR count). The molecule has 0 aliphatic rings. The number of benzene rings is 2. The van der Waals surface area contributed by atoms with E-state index in [2.05, 4.69) is 74.4 Å². The van der Waals surface area contributed by atoms with Crippen molar-refractivity contribution in [1.82, 2.24) is 4.98 Å². The molecule has 144 valence electrons. The second-order valence-corrected chi connectivity index (χ2v) is 8.32. The Morgan fingerprint density at radius 1 is 0.929 bits per heavy atom. The smallest absolute Gasteiger partial charge is 0.250 e. The summed E-state index contributed by atoms with van der Waals surface area (Å²) >= 11 is 1.43. The van der Waals surface area contributed by atoms with Gasteiger partial charge in [0, 0.05) is 17.0 Å². The van der Waals surface area contributed by atoms with E-state index in [4.69, 9.17) is 0 Å². The third-order valence-corrected chi connectivity index (χ3v) is 5.40. The van der Waals surface area contributed by atoms with Crippen molar-refractivity contribution in [3.05, 3.63) is 76.7 Å². The van der Waals surface area contributed by atoms with Crippen LogP contribution < -0.4 is 5.32 Å². The van der Waals surface area contributed by atoms with E-state index in [1.807, 2.05) is 23.6 Å². The number of carbonyl (C=O) groups is 1. The molecule has 0 saturated carbocycles. The first-order valence-corrected chi connectivity index (χ1v) is 10.4. The lowest BCUT2D eigenvalue weighted by Crippen LogP contribution is -2.07. The second-order valence-electron chi connectivity index (χ2n) is 7.46. The highest BCUT2D eigenvalue weighted by Gasteiger charge is 2.07. The van der Waals surface area contributed by atoms with E-state index in [1.165, 1.54) is 22.5 Å². The number of amides is 1. The Hall–Kier alpha value is -2.72. The van der Waals surface area contributed by atoms with Crippen LogP contribution in [0.5, 0.6) is 0 Å². The summed E-state index contributed by atoms with van der Waals surface area (Å²) in [7, 11) is 0. The number of nitrogens with zero attached hydrogens (tertiary/aromatic N) is 1. The molecule has 1 heterocycles. The lowest BCUT2D eigenvalue weighted by Gasteiger charge is -2.05. The van der Waals surface area contributed by atoms with Gasteiger partial charge in [-0.15, -0.1) is 11.3 Å². The molecule has 0 bridgehead atoms. The summed E-state index contributed by atoms with van der Waals surface area (Å²) in [5.41, 5.74) is 5.54. The van der Waals surface area contributed by atoms with Crippen molar-refractivity contribution in [1.29, 1.82) is 0 Å². The van der Waals surface area contributed by atoms with Crippen LogP contribution in [0.25, 0.3) is 17.3 Å². The molecular weight excluding hydrogens is 364 g/mol. The zero-order chi connectivity index (χ0) is 20.1. The Morgan fingerprint density at radius 3 is 2.07 bits per heavy atom. The van der Waals surface area contributed by atoms with Crippen LogP contribution in [-0.4, -0.2) is 10.9 Å². The largest absolute Gasteiger partial charge is 0.298 e. The fourth-order valence-electron chi connectivity index (χ4n) is 2.81. The Morgan fingerprint density at radius 2 is 1.50 bits per heavy atom. The zero-order valence-corrected chi connectivity index (χ0v) is 17.6. The van der Waals surface area contributed by atoms with Crippen LogP contribution in [0.3, 0.4) is 0 Å². The maximum Gasteiger partial charge on any atom is 0.250 e. The molecule has 4 heteroatoms. The first-order valence-electron chi connectivity index (χ1n) is 9.57. The van der Waals surface area contributed by atoms with Gasteiger partial charge in [0.15, 0.2) is 5.13 Å². The van der Waals surface area contributed by atoms with Crippen molar-refractivity contribution in [3.63, 3.8) is 0 Å². The van der Waals surface area contributed by atoms with Gasteiger partial charge in [-0.1, -0.05) is 76.2 Å². The van der Waals surface area contributed by atoms with Gasteiger partial charge in [0.25, 0.3) is 0 Å². The SMILES string of the molecule is CC(C)c1ccc(/C=C/C(=O)Nc2nc(-c3ccc(C(C)C)cc3)cs2)cc1. The van der Waals surface area contributed by atoms with Crippen LogP contribution >= 0.6 is 11.3 Å². The van der Waals surface area contributed by atoms with Crippen LogP contribution in [0.1, 0.15) is 56.2 Å². The van der Waals surface area contributed by atoms with Crippen LogP contribution in [0.15, 0.2) is 60.0 Å². The molecule has 3 nitrogen and oxygen atoms in total. The van der Waals surface area contributed by atoms with Crippen molar-refractivity contribution >= 4 is 28.5 Å². The van der Waals surface area contributed by atoms with Crippen molar-refractivity contribution in [2.75, 3.05) is 5.32 Å². The first kappa shape index (κ1) is 20.0. The van der Waals surface area contributed by atoms with E-state index in [9.17, 15) is 4.79 Å². The Bertz CT molecular complexity index is 951. The summed E-state index contributed by atoms with van der Waals surface area (Å²) in [5, 5.41) is 5.41. The topological polar surface area (TPSA) is 42.0 Å². The quantitative estimate of drug-likeness (QED) is 0.475. The van der Waals surface area contributed by atoms with Crippen LogP contribution in [0.2, 0.25) is 0 Å². The minimum Gasteiger partial charge on any atom is -0.298 e. The minimum absolute atomic E-state index is 0.177. The fourth-order valence-corrected chi connectivity index (χ4v) is 3.54. The predicted octanol–water partition coefficient (Wildman–Crippen LogP) is 6.71. The number of hydrogen-bond acceptors (Lipinski definition) is 3. The van der Waals surface area contributed by atoms with Gasteiger partial charge in [-0.2, -0.15) is 0 Å². The van der Waals surface area contributed by atoms with Gasteiger partial charge in [0.05, 0.1) is 5.69 Å². The lowest BCUT2D eigenvalue weighted by molar-refractivity contribution is -0.111. The highest BCUT2D eigenvalue weighted by atomic mass is 32.1. The summed E-state index contributed by atoms with van der Waals surface area (Å²) in [4.78, 5) is 16.7. The van der Waals surface area contributed by atoms with E-state index in [1.54, 1.807) is 6.08 Å². The summed E-state index contributed by atoms with van der Waals surface area (Å²) in [5.74, 6) is 0.832. The second kappa shape index (κ2) is 8.98. The van der Waals surface area contributed by atoms with Crippen molar-refractivity contribution in [3.8, 4) is 11.3 Å². The summed E-state index contributed by atoms with van der Waals surface area (Å²) in [6, 6.07) is 16.7. The summed E-state index contributed by atoms with van der Waals surface area (Å²) in [6.07, 6.45) is 3.36. The lowest BCUT2D eigenvalue weighted by atomic mass is 10.0.